The van der Waals surface area contributed by atoms with E-state index in [1.165, 1.54) is 0 Å². The van der Waals surface area contributed by atoms with E-state index in [1.54, 1.807) is 0 Å². The zero-order valence-electron chi connectivity index (χ0n) is 5.69. The Morgan fingerprint density at radius 2 is 2.08 bits per heavy atom. The molecule has 1 aromatic heterocycles. The highest BCUT2D eigenvalue weighted by Gasteiger charge is 2.15. The molecule has 1 rings (SSSR count). The van der Waals surface area contributed by atoms with E-state index in [-0.39, 0.29) is 10.4 Å². The minimum absolute atomic E-state index is 0.163. The predicted molar refractivity (Wildman–Crippen MR) is 41.3 cm³/mol. The number of nitrogen functional groups attached to an aromatic ring is 1. The van der Waals surface area contributed by atoms with Gasteiger partial charge >= 0.3 is 0 Å². The van der Waals surface area contributed by atoms with Gasteiger partial charge in [0.15, 0.2) is 5.82 Å². The molecule has 2 nitrogen and oxygen atoms in total. The summed E-state index contributed by atoms with van der Waals surface area (Å²) in [6, 6.07) is 0.664. The van der Waals surface area contributed by atoms with Crippen LogP contribution < -0.4 is 5.73 Å². The van der Waals surface area contributed by atoms with Gasteiger partial charge in [-0.05, 0) is 22.0 Å². The van der Waals surface area contributed by atoms with Crippen LogP contribution in [0.2, 0.25) is 0 Å². The minimum Gasteiger partial charge on any atom is -0.383 e. The van der Waals surface area contributed by atoms with Gasteiger partial charge in [-0.15, -0.1) is 0 Å². The van der Waals surface area contributed by atoms with E-state index in [9.17, 15) is 13.2 Å². The minimum atomic E-state index is -2.81. The van der Waals surface area contributed by atoms with E-state index in [2.05, 4.69) is 20.9 Å². The molecule has 0 fully saturated rings. The number of anilines is 1. The zero-order valence-corrected chi connectivity index (χ0v) is 7.28. The molecule has 0 aliphatic heterocycles. The van der Waals surface area contributed by atoms with Crippen molar-refractivity contribution in [1.82, 2.24) is 4.98 Å². The lowest BCUT2D eigenvalue weighted by molar-refractivity contribution is 0.151. The Morgan fingerprint density at radius 1 is 1.50 bits per heavy atom. The smallest absolute Gasteiger partial charge is 0.267 e. The maximum Gasteiger partial charge on any atom is 0.267 e. The van der Waals surface area contributed by atoms with Gasteiger partial charge in [0.25, 0.3) is 6.43 Å². The van der Waals surface area contributed by atoms with Crippen molar-refractivity contribution in [1.29, 1.82) is 0 Å². The van der Waals surface area contributed by atoms with Crippen molar-refractivity contribution in [2.24, 2.45) is 0 Å². The van der Waals surface area contributed by atoms with Crippen LogP contribution in [-0.2, 0) is 0 Å². The number of alkyl halides is 2. The van der Waals surface area contributed by atoms with Crippen LogP contribution >= 0.6 is 15.9 Å². The first-order valence-electron chi connectivity index (χ1n) is 2.92. The Hall–Kier alpha value is -0.780. The number of hydrogen-bond donors (Lipinski definition) is 1. The van der Waals surface area contributed by atoms with E-state index < -0.39 is 17.8 Å². The molecular formula is C6H4BrF3N2. The quantitative estimate of drug-likeness (QED) is 0.767. The summed E-state index contributed by atoms with van der Waals surface area (Å²) in [6.45, 7) is 0. The molecule has 2 N–H and O–H groups in total. The van der Waals surface area contributed by atoms with Gasteiger partial charge < -0.3 is 5.73 Å². The van der Waals surface area contributed by atoms with Gasteiger partial charge in [0.2, 0.25) is 0 Å². The summed E-state index contributed by atoms with van der Waals surface area (Å²) in [5.74, 6) is -1.21. The first kappa shape index (κ1) is 9.31. The van der Waals surface area contributed by atoms with Crippen molar-refractivity contribution < 1.29 is 13.2 Å². The van der Waals surface area contributed by atoms with Gasteiger partial charge in [-0.3, -0.25) is 0 Å². The zero-order chi connectivity index (χ0) is 9.30. The van der Waals surface area contributed by atoms with E-state index in [1.807, 2.05) is 0 Å². The van der Waals surface area contributed by atoms with Gasteiger partial charge in [-0.2, -0.15) is 0 Å². The van der Waals surface area contributed by atoms with Crippen molar-refractivity contribution in [2.75, 3.05) is 5.73 Å². The van der Waals surface area contributed by atoms with Crippen LogP contribution in [-0.4, -0.2) is 4.98 Å². The van der Waals surface area contributed by atoms with Crippen molar-refractivity contribution in [3.05, 3.63) is 22.1 Å². The molecule has 1 heterocycles. The van der Waals surface area contributed by atoms with Gasteiger partial charge in [-0.25, -0.2) is 18.2 Å². The molecule has 0 saturated heterocycles. The topological polar surface area (TPSA) is 38.9 Å². The number of aromatic nitrogens is 1. The van der Waals surface area contributed by atoms with Crippen molar-refractivity contribution in [3.63, 3.8) is 0 Å². The summed E-state index contributed by atoms with van der Waals surface area (Å²) in [5, 5.41) is 0. The number of nitrogens with two attached hydrogens (primary N) is 1. The lowest BCUT2D eigenvalue weighted by Crippen LogP contribution is -2.00. The van der Waals surface area contributed by atoms with Crippen molar-refractivity contribution in [3.8, 4) is 0 Å². The average molecular weight is 241 g/mol. The molecule has 0 bridgehead atoms. The molecule has 6 heteroatoms. The van der Waals surface area contributed by atoms with E-state index in [4.69, 9.17) is 5.73 Å². The molecule has 0 saturated carbocycles. The SMILES string of the molecule is Nc1nc(Br)c(F)cc1C(F)F. The third-order valence-corrected chi connectivity index (χ3v) is 1.78. The average Bonchev–Trinajstić information content (AvgIpc) is 1.96. The van der Waals surface area contributed by atoms with Crippen molar-refractivity contribution >= 4 is 21.7 Å². The summed E-state index contributed by atoms with van der Waals surface area (Å²) in [7, 11) is 0. The molecule has 1 aromatic rings. The van der Waals surface area contributed by atoms with Crippen LogP contribution in [0, 0.1) is 5.82 Å². The fourth-order valence-corrected chi connectivity index (χ4v) is 0.974. The molecule has 0 radical (unpaired) electrons. The Morgan fingerprint density at radius 3 is 2.58 bits per heavy atom. The Labute approximate surface area is 74.7 Å². The molecule has 12 heavy (non-hydrogen) atoms. The van der Waals surface area contributed by atoms with Crippen LogP contribution in [0.5, 0.6) is 0 Å². The van der Waals surface area contributed by atoms with Gasteiger partial charge in [0.05, 0.1) is 5.56 Å². The summed E-state index contributed by atoms with van der Waals surface area (Å²) < 4.78 is 36.5. The van der Waals surface area contributed by atoms with Crippen LogP contribution in [0.15, 0.2) is 10.7 Å². The molecule has 0 unspecified atom stereocenters. The van der Waals surface area contributed by atoms with Gasteiger partial charge in [0, 0.05) is 0 Å². The third kappa shape index (κ3) is 1.69. The molecule has 0 aromatic carbocycles. The van der Waals surface area contributed by atoms with Gasteiger partial charge in [0.1, 0.15) is 10.4 Å². The fraction of sp³-hybridized carbons (Fsp3) is 0.167. The number of nitrogens with zero attached hydrogens (tertiary/aromatic N) is 1. The van der Waals surface area contributed by atoms with Crippen LogP contribution in [0.4, 0.5) is 19.0 Å². The molecule has 66 valence electrons. The fourth-order valence-electron chi connectivity index (χ4n) is 0.669. The molecule has 0 aliphatic carbocycles. The highest BCUT2D eigenvalue weighted by Crippen LogP contribution is 2.26. The first-order chi connectivity index (χ1) is 5.52. The molecule has 0 aliphatic rings. The summed E-state index contributed by atoms with van der Waals surface area (Å²) in [5.41, 5.74) is 4.52. The van der Waals surface area contributed by atoms with Crippen molar-refractivity contribution in [2.45, 2.75) is 6.43 Å². The Balaban J connectivity index is 3.23. The molecular weight excluding hydrogens is 237 g/mol. The number of hydrogen-bond acceptors (Lipinski definition) is 2. The highest BCUT2D eigenvalue weighted by atomic mass is 79.9. The molecule has 0 atom stereocenters. The normalized spacial score (nSPS) is 10.8. The maximum absolute atomic E-state index is 12.6. The lowest BCUT2D eigenvalue weighted by atomic mass is 10.2. The van der Waals surface area contributed by atoms with Crippen LogP contribution in [0.1, 0.15) is 12.0 Å². The first-order valence-corrected chi connectivity index (χ1v) is 3.71. The maximum atomic E-state index is 12.6. The van der Waals surface area contributed by atoms with Crippen LogP contribution in [0.3, 0.4) is 0 Å². The Bertz CT molecular complexity index is 303. The standard InChI is InChI=1S/C6H4BrF3N2/c7-4-3(8)1-2(5(9)10)6(11)12-4/h1,5H,(H2,11,12). The third-order valence-electron chi connectivity index (χ3n) is 1.23. The van der Waals surface area contributed by atoms with Crippen LogP contribution in [0.25, 0.3) is 0 Å². The summed E-state index contributed by atoms with van der Waals surface area (Å²) in [6.07, 6.45) is -2.81. The lowest BCUT2D eigenvalue weighted by Gasteiger charge is -2.03. The molecule has 0 amide bonds. The van der Waals surface area contributed by atoms with Gasteiger partial charge in [-0.1, -0.05) is 0 Å². The predicted octanol–water partition coefficient (Wildman–Crippen LogP) is 2.50. The second kappa shape index (κ2) is 3.30. The van der Waals surface area contributed by atoms with E-state index in [0.717, 1.165) is 0 Å². The number of halogens is 4. The largest absolute Gasteiger partial charge is 0.383 e. The monoisotopic (exact) mass is 240 g/mol. The van der Waals surface area contributed by atoms with E-state index in [0.29, 0.717) is 6.07 Å². The highest BCUT2D eigenvalue weighted by molar-refractivity contribution is 9.10. The second-order valence-electron chi connectivity index (χ2n) is 2.04. The number of rotatable bonds is 1. The molecule has 0 spiro atoms. The number of pyridine rings is 1. The summed E-state index contributed by atoms with van der Waals surface area (Å²) in [4.78, 5) is 3.33. The second-order valence-corrected chi connectivity index (χ2v) is 2.79. The summed E-state index contributed by atoms with van der Waals surface area (Å²) >= 11 is 2.72. The van der Waals surface area contributed by atoms with E-state index >= 15 is 0 Å². The Kier molecular flexibility index (Phi) is 2.56.